The third-order valence-corrected chi connectivity index (χ3v) is 1.97. The number of aromatic amines is 1. The van der Waals surface area contributed by atoms with Crippen molar-refractivity contribution in [3.63, 3.8) is 0 Å². The Morgan fingerprint density at radius 3 is 2.85 bits per heavy atom. The van der Waals surface area contributed by atoms with Gasteiger partial charge in [0.2, 0.25) is 5.91 Å². The maximum absolute atomic E-state index is 12.6. The second-order valence-electron chi connectivity index (χ2n) is 2.18. The number of aromatic nitrogens is 3. The fraction of sp³-hybridized carbons (Fsp3) is 0.200. The highest BCUT2D eigenvalue weighted by molar-refractivity contribution is 7.52. The van der Waals surface area contributed by atoms with E-state index in [1.165, 1.54) is 6.33 Å². The number of hydrogen-bond donors (Lipinski definition) is 3. The van der Waals surface area contributed by atoms with Gasteiger partial charge in [-0.3, -0.25) is 9.66 Å². The number of halogens is 1. The van der Waals surface area contributed by atoms with Crippen molar-refractivity contribution in [1.82, 2.24) is 15.2 Å². The quantitative estimate of drug-likeness (QED) is 0.618. The van der Waals surface area contributed by atoms with Crippen molar-refractivity contribution < 1.29 is 18.7 Å². The zero-order chi connectivity index (χ0) is 9.90. The Morgan fingerprint density at radius 2 is 2.38 bits per heavy atom. The third-order valence-electron chi connectivity index (χ3n) is 1.16. The summed E-state index contributed by atoms with van der Waals surface area (Å²) in [6.45, 7) is 0. The first kappa shape index (κ1) is 10.0. The molecular formula is C5H7FN3O3P. The Hall–Kier alpha value is -1.04. The lowest BCUT2D eigenvalue weighted by molar-refractivity contribution is 0.323. The van der Waals surface area contributed by atoms with Crippen LogP contribution >= 0.6 is 7.60 Å². The molecule has 1 atom stereocenters. The molecule has 0 aromatic carbocycles. The number of alkyl halides is 1. The number of allylic oxidation sites excluding steroid dienone is 1. The van der Waals surface area contributed by atoms with Crippen molar-refractivity contribution in [2.75, 3.05) is 0 Å². The summed E-state index contributed by atoms with van der Waals surface area (Å²) in [6.07, 6.45) is 3.06. The Labute approximate surface area is 72.7 Å². The second kappa shape index (κ2) is 3.78. The van der Waals surface area contributed by atoms with E-state index >= 15 is 0 Å². The normalized spacial score (nSPS) is 15.0. The molecule has 72 valence electrons. The van der Waals surface area contributed by atoms with Crippen molar-refractivity contribution in [1.29, 1.82) is 0 Å². The van der Waals surface area contributed by atoms with Gasteiger partial charge >= 0.3 is 7.60 Å². The molecule has 0 aliphatic rings. The summed E-state index contributed by atoms with van der Waals surface area (Å²) in [6, 6.07) is 0. The molecule has 1 rings (SSSR count). The van der Waals surface area contributed by atoms with E-state index in [0.29, 0.717) is 6.08 Å². The zero-order valence-corrected chi connectivity index (χ0v) is 7.23. The van der Waals surface area contributed by atoms with Crippen LogP contribution in [0.5, 0.6) is 0 Å². The molecule has 1 heterocycles. The van der Waals surface area contributed by atoms with Crippen LogP contribution in [-0.4, -0.2) is 30.9 Å². The van der Waals surface area contributed by atoms with Crippen LogP contribution in [-0.2, 0) is 4.57 Å². The van der Waals surface area contributed by atoms with Crippen molar-refractivity contribution in [2.24, 2.45) is 0 Å². The van der Waals surface area contributed by atoms with E-state index in [1.807, 2.05) is 0 Å². The molecule has 0 radical (unpaired) electrons. The van der Waals surface area contributed by atoms with Crippen LogP contribution in [0.3, 0.4) is 0 Å². The molecule has 0 bridgehead atoms. The Balaban J connectivity index is 2.64. The fourth-order valence-corrected chi connectivity index (χ4v) is 0.887. The summed E-state index contributed by atoms with van der Waals surface area (Å²) < 4.78 is 22.9. The molecule has 8 heteroatoms. The van der Waals surface area contributed by atoms with Gasteiger partial charge in [0.15, 0.2) is 5.82 Å². The second-order valence-corrected chi connectivity index (χ2v) is 3.85. The third kappa shape index (κ3) is 3.06. The van der Waals surface area contributed by atoms with Gasteiger partial charge in [0.05, 0.1) is 0 Å². The number of nitrogens with one attached hydrogen (secondary N) is 1. The molecule has 0 saturated carbocycles. The predicted octanol–water partition coefficient (Wildman–Crippen LogP) is 0.291. The lowest BCUT2D eigenvalue weighted by atomic mass is 10.5. The average molecular weight is 207 g/mol. The van der Waals surface area contributed by atoms with Crippen LogP contribution in [0.4, 0.5) is 4.39 Å². The molecule has 1 aromatic rings. The summed E-state index contributed by atoms with van der Waals surface area (Å²) in [5.74, 6) is -2.15. The van der Waals surface area contributed by atoms with Gasteiger partial charge in [0, 0.05) is 0 Å². The van der Waals surface area contributed by atoms with E-state index in [0.717, 1.165) is 6.08 Å². The van der Waals surface area contributed by atoms with Crippen LogP contribution in [0.15, 0.2) is 12.4 Å². The van der Waals surface area contributed by atoms with Crippen molar-refractivity contribution in [2.45, 2.75) is 5.91 Å². The van der Waals surface area contributed by atoms with E-state index < -0.39 is 13.5 Å². The SMILES string of the molecule is O=P(O)(O)C(F)/C=C/c1nc[nH]n1. The first-order valence-electron chi connectivity index (χ1n) is 3.23. The molecule has 0 saturated heterocycles. The highest BCUT2D eigenvalue weighted by atomic mass is 31.2. The van der Waals surface area contributed by atoms with Crippen LogP contribution in [0.1, 0.15) is 5.82 Å². The van der Waals surface area contributed by atoms with Gasteiger partial charge in [-0.2, -0.15) is 5.10 Å². The van der Waals surface area contributed by atoms with Crippen molar-refractivity contribution >= 4 is 13.7 Å². The lowest BCUT2D eigenvalue weighted by Crippen LogP contribution is -1.95. The van der Waals surface area contributed by atoms with Gasteiger partial charge in [-0.1, -0.05) is 0 Å². The molecule has 6 nitrogen and oxygen atoms in total. The first-order valence-corrected chi connectivity index (χ1v) is 4.91. The summed E-state index contributed by atoms with van der Waals surface area (Å²) in [5, 5.41) is 5.89. The van der Waals surface area contributed by atoms with Crippen molar-refractivity contribution in [3.05, 3.63) is 18.2 Å². The highest BCUT2D eigenvalue weighted by Crippen LogP contribution is 2.42. The standard InChI is InChI=1S/C5H7FN3O3P/c6-4(13(10,11)12)1-2-5-7-3-8-9-5/h1-4H,(H,7,8,9)(H2,10,11,12)/b2-1+. The molecule has 0 fully saturated rings. The van der Waals surface area contributed by atoms with Gasteiger partial charge in [-0.05, 0) is 12.2 Å². The van der Waals surface area contributed by atoms with Crippen LogP contribution in [0.25, 0.3) is 6.08 Å². The number of rotatable bonds is 3. The van der Waals surface area contributed by atoms with Gasteiger partial charge in [0.25, 0.3) is 0 Å². The van der Waals surface area contributed by atoms with Crippen LogP contribution in [0, 0.1) is 0 Å². The molecular weight excluding hydrogens is 200 g/mol. The molecule has 0 aliphatic heterocycles. The maximum Gasteiger partial charge on any atom is 0.363 e. The van der Waals surface area contributed by atoms with Crippen LogP contribution in [0.2, 0.25) is 0 Å². The molecule has 13 heavy (non-hydrogen) atoms. The highest BCUT2D eigenvalue weighted by Gasteiger charge is 2.25. The lowest BCUT2D eigenvalue weighted by Gasteiger charge is -2.03. The first-order chi connectivity index (χ1) is 6.00. The smallest absolute Gasteiger partial charge is 0.322 e. The number of nitrogens with zero attached hydrogens (tertiary/aromatic N) is 2. The van der Waals surface area contributed by atoms with E-state index in [9.17, 15) is 8.96 Å². The van der Waals surface area contributed by atoms with Crippen LogP contribution < -0.4 is 0 Å². The predicted molar refractivity (Wildman–Crippen MR) is 42.4 cm³/mol. The van der Waals surface area contributed by atoms with Gasteiger partial charge in [-0.15, -0.1) is 0 Å². The Morgan fingerprint density at radius 1 is 1.69 bits per heavy atom. The molecule has 1 unspecified atom stereocenters. The van der Waals surface area contributed by atoms with E-state index in [1.54, 1.807) is 0 Å². The van der Waals surface area contributed by atoms with E-state index in [-0.39, 0.29) is 5.82 Å². The summed E-state index contributed by atoms with van der Waals surface area (Å²) in [4.78, 5) is 20.3. The largest absolute Gasteiger partial charge is 0.363 e. The minimum absolute atomic E-state index is 0.163. The molecule has 1 aromatic heterocycles. The number of hydrogen-bond acceptors (Lipinski definition) is 3. The minimum atomic E-state index is -4.69. The maximum atomic E-state index is 12.6. The van der Waals surface area contributed by atoms with Gasteiger partial charge < -0.3 is 9.79 Å². The zero-order valence-electron chi connectivity index (χ0n) is 6.33. The van der Waals surface area contributed by atoms with Gasteiger partial charge in [-0.25, -0.2) is 9.37 Å². The molecule has 3 N–H and O–H groups in total. The summed E-state index contributed by atoms with van der Waals surface area (Å²) in [7, 11) is -4.69. The Bertz CT molecular complexity index is 333. The monoisotopic (exact) mass is 207 g/mol. The number of H-pyrrole nitrogens is 1. The van der Waals surface area contributed by atoms with E-state index in [2.05, 4.69) is 15.2 Å². The summed E-state index contributed by atoms with van der Waals surface area (Å²) in [5.41, 5.74) is 0. The topological polar surface area (TPSA) is 99.1 Å². The fourth-order valence-electron chi connectivity index (χ4n) is 0.577. The molecule has 0 amide bonds. The molecule has 0 spiro atoms. The van der Waals surface area contributed by atoms with Crippen molar-refractivity contribution in [3.8, 4) is 0 Å². The van der Waals surface area contributed by atoms with Gasteiger partial charge in [0.1, 0.15) is 6.33 Å². The average Bonchev–Trinajstić information content (AvgIpc) is 2.50. The Kier molecular flexibility index (Phi) is 2.92. The summed E-state index contributed by atoms with van der Waals surface area (Å²) >= 11 is 0. The minimum Gasteiger partial charge on any atom is -0.322 e. The molecule has 0 aliphatic carbocycles. The van der Waals surface area contributed by atoms with E-state index in [4.69, 9.17) is 9.79 Å².